The van der Waals surface area contributed by atoms with Gasteiger partial charge in [0.15, 0.2) is 23.0 Å². The number of likely N-dealkylation sites (N-methyl/N-ethyl adjacent to an activating group) is 2. The van der Waals surface area contributed by atoms with Crippen LogP contribution in [0, 0.1) is 0 Å². The van der Waals surface area contributed by atoms with Crippen molar-refractivity contribution in [1.82, 2.24) is 15.1 Å². The molecular weight excluding hydrogens is 691 g/mol. The van der Waals surface area contributed by atoms with Crippen LogP contribution in [0.15, 0.2) is 97.1 Å². The van der Waals surface area contributed by atoms with Gasteiger partial charge < -0.3 is 29.4 Å². The summed E-state index contributed by atoms with van der Waals surface area (Å²) in [5, 5.41) is 13.5. The maximum absolute atomic E-state index is 12.5. The number of amides is 1. The second kappa shape index (κ2) is 16.2. The first kappa shape index (κ1) is 36.6. The minimum Gasteiger partial charge on any atom is -0.492 e. The van der Waals surface area contributed by atoms with E-state index in [4.69, 9.17) is 18.9 Å². The van der Waals surface area contributed by atoms with E-state index in [1.165, 1.54) is 16.7 Å². The largest absolute Gasteiger partial charge is 0.492 e. The van der Waals surface area contributed by atoms with Crippen LogP contribution in [0.1, 0.15) is 67.8 Å². The Morgan fingerprint density at radius 2 is 1.55 bits per heavy atom. The van der Waals surface area contributed by atoms with E-state index in [2.05, 4.69) is 77.7 Å². The van der Waals surface area contributed by atoms with Crippen molar-refractivity contribution in [1.29, 1.82) is 0 Å². The molecule has 284 valence electrons. The highest BCUT2D eigenvalue weighted by Gasteiger charge is 2.33. The molecule has 9 heteroatoms. The van der Waals surface area contributed by atoms with E-state index >= 15 is 0 Å². The molecule has 0 fully saturated rings. The summed E-state index contributed by atoms with van der Waals surface area (Å²) in [7, 11) is 6.00. The third-order valence-electron chi connectivity index (χ3n) is 11.3. The standard InChI is InChI=1S/C46H49N3O6/c1-48-21-18-32-13-16-37-28-38(32)39(48)24-30-10-14-36(15-11-30)54-42-26-31(12-17-41(42)53-23-7-20-47-46(51)33-8-5-4-6-9-33)25-40-43-34(19-22-49(40)2)27-35(29-50)44(52-3)45(43)55-37/h4-6,8-17,26-28,39-40,50H,7,18-25,29H2,1-3H3,(H,47,51). The number of nitrogens with zero attached hydrogens (tertiary/aromatic N) is 2. The number of hydrogen-bond acceptors (Lipinski definition) is 8. The van der Waals surface area contributed by atoms with E-state index in [0.717, 1.165) is 66.1 Å². The minimum absolute atomic E-state index is 0.0390. The summed E-state index contributed by atoms with van der Waals surface area (Å²) in [4.78, 5) is 17.3. The van der Waals surface area contributed by atoms with Gasteiger partial charge in [0.2, 0.25) is 0 Å². The van der Waals surface area contributed by atoms with Crippen molar-refractivity contribution in [2.75, 3.05) is 47.4 Å². The number of carbonyl (C=O) groups excluding carboxylic acids is 1. The van der Waals surface area contributed by atoms with E-state index in [1.807, 2.05) is 36.4 Å². The van der Waals surface area contributed by atoms with Crippen LogP contribution in [0.4, 0.5) is 0 Å². The number of fused-ring (bicyclic) bond motifs is 2. The number of aliphatic hydroxyl groups is 1. The molecule has 2 atom stereocenters. The molecule has 2 N–H and O–H groups in total. The second-order valence-corrected chi connectivity index (χ2v) is 14.8. The van der Waals surface area contributed by atoms with Crippen LogP contribution in [0.3, 0.4) is 0 Å². The Kier molecular flexibility index (Phi) is 10.8. The molecule has 4 aliphatic rings. The Bertz CT molecular complexity index is 2150. The third-order valence-corrected chi connectivity index (χ3v) is 11.3. The molecule has 0 spiro atoms. The number of ether oxygens (including phenoxy) is 4. The molecule has 0 saturated heterocycles. The van der Waals surface area contributed by atoms with Gasteiger partial charge in [-0.25, -0.2) is 0 Å². The van der Waals surface area contributed by atoms with Crippen LogP contribution in [-0.4, -0.2) is 68.3 Å². The van der Waals surface area contributed by atoms with E-state index in [-0.39, 0.29) is 24.6 Å². The summed E-state index contributed by atoms with van der Waals surface area (Å²) >= 11 is 0. The summed E-state index contributed by atoms with van der Waals surface area (Å²) in [6, 6.07) is 32.5. The summed E-state index contributed by atoms with van der Waals surface area (Å²) < 4.78 is 25.9. The first-order valence-electron chi connectivity index (χ1n) is 19.3. The zero-order chi connectivity index (χ0) is 37.9. The quantitative estimate of drug-likeness (QED) is 0.156. The van der Waals surface area contributed by atoms with Crippen LogP contribution < -0.4 is 24.3 Å². The van der Waals surface area contributed by atoms with Crippen molar-refractivity contribution < 1.29 is 28.8 Å². The fraction of sp³-hybridized carbons (Fsp3) is 0.326. The van der Waals surface area contributed by atoms with E-state index in [9.17, 15) is 9.90 Å². The highest BCUT2D eigenvalue weighted by Crippen LogP contribution is 2.48. The average Bonchev–Trinajstić information content (AvgIpc) is 3.21. The Morgan fingerprint density at radius 3 is 2.33 bits per heavy atom. The molecule has 0 saturated carbocycles. The molecule has 0 radical (unpaired) electrons. The van der Waals surface area contributed by atoms with Gasteiger partial charge in [0.1, 0.15) is 11.5 Å². The van der Waals surface area contributed by atoms with Gasteiger partial charge in [0, 0.05) is 48.4 Å². The predicted octanol–water partition coefficient (Wildman–Crippen LogP) is 7.83. The molecule has 6 bridgehead atoms. The second-order valence-electron chi connectivity index (χ2n) is 14.8. The SMILES string of the molecule is COc1c(CO)cc2c3c1Oc1ccc4c(c1)C(Cc1ccc(cc1)Oc1cc(ccc1OCCCNC(=O)c1ccccc1)CC3N(C)CC2)N(C)CC4. The van der Waals surface area contributed by atoms with Crippen molar-refractivity contribution >= 4 is 5.91 Å². The molecule has 4 heterocycles. The number of hydrogen-bond donors (Lipinski definition) is 2. The third kappa shape index (κ3) is 7.78. The van der Waals surface area contributed by atoms with Gasteiger partial charge in [-0.2, -0.15) is 0 Å². The highest BCUT2D eigenvalue weighted by molar-refractivity contribution is 5.94. The van der Waals surface area contributed by atoms with E-state index < -0.39 is 0 Å². The molecule has 0 aromatic heterocycles. The number of methoxy groups -OCH3 is 1. The summed E-state index contributed by atoms with van der Waals surface area (Å²) in [5.74, 6) is 3.90. The highest BCUT2D eigenvalue weighted by atomic mass is 16.5. The Morgan fingerprint density at radius 1 is 0.818 bits per heavy atom. The lowest BCUT2D eigenvalue weighted by Gasteiger charge is -2.37. The predicted molar refractivity (Wildman–Crippen MR) is 213 cm³/mol. The fourth-order valence-corrected chi connectivity index (χ4v) is 8.25. The lowest BCUT2D eigenvalue weighted by molar-refractivity contribution is 0.0951. The first-order valence-corrected chi connectivity index (χ1v) is 19.3. The zero-order valence-electron chi connectivity index (χ0n) is 31.8. The van der Waals surface area contributed by atoms with Gasteiger partial charge in [-0.05, 0) is 129 Å². The molecule has 2 unspecified atom stereocenters. The number of benzene rings is 5. The van der Waals surface area contributed by atoms with Crippen LogP contribution in [0.2, 0.25) is 0 Å². The number of aliphatic hydroxyl groups excluding tert-OH is 1. The van der Waals surface area contributed by atoms with Crippen molar-refractivity contribution in [2.45, 2.75) is 50.8 Å². The van der Waals surface area contributed by atoms with Gasteiger partial charge in [-0.15, -0.1) is 0 Å². The van der Waals surface area contributed by atoms with Crippen LogP contribution >= 0.6 is 0 Å². The minimum atomic E-state index is -0.148. The molecular formula is C46H49N3O6. The lowest BCUT2D eigenvalue weighted by Crippen LogP contribution is -2.34. The van der Waals surface area contributed by atoms with Crippen LogP contribution in [-0.2, 0) is 32.3 Å². The van der Waals surface area contributed by atoms with Crippen LogP contribution in [0.25, 0.3) is 0 Å². The Labute approximate surface area is 323 Å². The van der Waals surface area contributed by atoms with Gasteiger partial charge in [0.05, 0.1) is 20.3 Å². The molecule has 55 heavy (non-hydrogen) atoms. The molecule has 9 nitrogen and oxygen atoms in total. The summed E-state index contributed by atoms with van der Waals surface area (Å²) in [5.41, 5.74) is 8.49. The number of carbonyl (C=O) groups is 1. The van der Waals surface area contributed by atoms with Crippen LogP contribution in [0.5, 0.6) is 34.5 Å². The fourth-order valence-electron chi connectivity index (χ4n) is 8.25. The maximum Gasteiger partial charge on any atom is 0.251 e. The Hall–Kier alpha value is -5.35. The van der Waals surface area contributed by atoms with Crippen molar-refractivity contribution in [3.05, 3.63) is 142 Å². The topological polar surface area (TPSA) is 92.7 Å². The molecule has 9 rings (SSSR count). The summed E-state index contributed by atoms with van der Waals surface area (Å²) in [6.45, 7) is 2.59. The first-order chi connectivity index (χ1) is 26.9. The van der Waals surface area contributed by atoms with Gasteiger partial charge in [-0.3, -0.25) is 14.6 Å². The molecule has 5 aromatic carbocycles. The average molecular weight is 740 g/mol. The summed E-state index contributed by atoms with van der Waals surface area (Å²) in [6.07, 6.45) is 3.96. The number of rotatable bonds is 8. The zero-order valence-corrected chi connectivity index (χ0v) is 31.8. The van der Waals surface area contributed by atoms with Crippen molar-refractivity contribution in [3.8, 4) is 34.5 Å². The van der Waals surface area contributed by atoms with Gasteiger partial charge >= 0.3 is 0 Å². The van der Waals surface area contributed by atoms with Crippen molar-refractivity contribution in [2.24, 2.45) is 0 Å². The van der Waals surface area contributed by atoms with Crippen molar-refractivity contribution in [3.63, 3.8) is 0 Å². The number of nitrogens with one attached hydrogen (secondary N) is 1. The molecule has 0 aliphatic carbocycles. The smallest absolute Gasteiger partial charge is 0.251 e. The molecule has 4 aliphatic heterocycles. The van der Waals surface area contributed by atoms with Gasteiger partial charge in [0.25, 0.3) is 5.91 Å². The molecule has 1 amide bonds. The lowest BCUT2D eigenvalue weighted by atomic mass is 9.86. The van der Waals surface area contributed by atoms with E-state index in [1.54, 1.807) is 19.2 Å². The molecule has 5 aromatic rings. The monoisotopic (exact) mass is 739 g/mol. The van der Waals surface area contributed by atoms with Gasteiger partial charge in [-0.1, -0.05) is 42.5 Å². The van der Waals surface area contributed by atoms with E-state index in [0.29, 0.717) is 54.6 Å². The normalized spacial score (nSPS) is 17.9. The Balaban J connectivity index is 1.16. The maximum atomic E-state index is 12.5.